The number of hydrogen-bond donors (Lipinski definition) is 1. The number of hydrogen-bond acceptors (Lipinski definition) is 2. The quantitative estimate of drug-likeness (QED) is 0.893. The first-order chi connectivity index (χ1) is 8.20. The molecule has 1 aliphatic rings. The van der Waals surface area contributed by atoms with Crippen LogP contribution in [0.2, 0.25) is 5.02 Å². The summed E-state index contributed by atoms with van der Waals surface area (Å²) in [4.78, 5) is 0. The van der Waals surface area contributed by atoms with Gasteiger partial charge in [-0.2, -0.15) is 5.26 Å². The van der Waals surface area contributed by atoms with Crippen LogP contribution in [0.15, 0.2) is 18.2 Å². The Bertz CT molecular complexity index is 436. The molecule has 0 heterocycles. The zero-order valence-corrected chi connectivity index (χ0v) is 10.2. The molecule has 17 heavy (non-hydrogen) atoms. The lowest BCUT2D eigenvalue weighted by atomic mass is 10.1. The average molecular weight is 253 g/mol. The van der Waals surface area contributed by atoms with Crippen LogP contribution in [0.3, 0.4) is 0 Å². The molecule has 2 nitrogen and oxygen atoms in total. The van der Waals surface area contributed by atoms with Gasteiger partial charge in [0.05, 0.1) is 11.1 Å². The van der Waals surface area contributed by atoms with Crippen LogP contribution in [0.25, 0.3) is 0 Å². The molecule has 0 saturated heterocycles. The average Bonchev–Trinajstić information content (AvgIpc) is 2.82. The molecule has 0 aromatic heterocycles. The summed E-state index contributed by atoms with van der Waals surface area (Å²) >= 11 is 5.72. The second-order valence-electron chi connectivity index (χ2n) is 4.38. The second-order valence-corrected chi connectivity index (χ2v) is 4.79. The minimum atomic E-state index is -0.451. The van der Waals surface area contributed by atoms with Gasteiger partial charge in [-0.25, -0.2) is 4.39 Å². The molecule has 0 spiro atoms. The van der Waals surface area contributed by atoms with Gasteiger partial charge >= 0.3 is 0 Å². The zero-order valence-electron chi connectivity index (χ0n) is 9.42. The third-order valence-corrected chi connectivity index (χ3v) is 3.45. The third kappa shape index (κ3) is 2.96. The van der Waals surface area contributed by atoms with Crippen molar-refractivity contribution in [1.29, 1.82) is 5.26 Å². The van der Waals surface area contributed by atoms with E-state index in [1.807, 2.05) is 0 Å². The molecule has 1 atom stereocenters. The third-order valence-electron chi connectivity index (χ3n) is 3.16. The van der Waals surface area contributed by atoms with Gasteiger partial charge in [0.1, 0.15) is 11.9 Å². The predicted octanol–water partition coefficient (Wildman–Crippen LogP) is 3.58. The van der Waals surface area contributed by atoms with Crippen molar-refractivity contribution in [2.24, 2.45) is 0 Å². The largest absolute Gasteiger partial charge is 0.295 e. The van der Waals surface area contributed by atoms with E-state index in [-0.39, 0.29) is 5.02 Å². The van der Waals surface area contributed by atoms with Crippen molar-refractivity contribution >= 4 is 11.6 Å². The standard InChI is InChI=1S/C13H14ClFN2/c14-11-7-9(5-6-12(11)15)13(8-16)17-10-3-1-2-4-10/h5-7,10,13,17H,1-4H2. The number of nitrogens with zero attached hydrogens (tertiary/aromatic N) is 1. The fourth-order valence-electron chi connectivity index (χ4n) is 2.23. The van der Waals surface area contributed by atoms with Crippen LogP contribution in [0.4, 0.5) is 4.39 Å². The summed E-state index contributed by atoms with van der Waals surface area (Å²) in [7, 11) is 0. The van der Waals surface area contributed by atoms with Crippen molar-refractivity contribution in [1.82, 2.24) is 5.32 Å². The van der Waals surface area contributed by atoms with Crippen LogP contribution in [0, 0.1) is 17.1 Å². The van der Waals surface area contributed by atoms with Gasteiger partial charge in [-0.3, -0.25) is 5.32 Å². The fourth-order valence-corrected chi connectivity index (χ4v) is 2.42. The lowest BCUT2D eigenvalue weighted by Crippen LogP contribution is -2.29. The van der Waals surface area contributed by atoms with Crippen molar-refractivity contribution in [3.63, 3.8) is 0 Å². The summed E-state index contributed by atoms with van der Waals surface area (Å²) in [5.41, 5.74) is 0.728. The molecule has 1 saturated carbocycles. The minimum Gasteiger partial charge on any atom is -0.295 e. The van der Waals surface area contributed by atoms with Crippen LogP contribution < -0.4 is 5.32 Å². The summed E-state index contributed by atoms with van der Waals surface area (Å²) in [5, 5.41) is 12.5. The van der Waals surface area contributed by atoms with E-state index in [1.54, 1.807) is 6.07 Å². The van der Waals surface area contributed by atoms with Crippen molar-refractivity contribution in [3.05, 3.63) is 34.6 Å². The number of nitriles is 1. The second kappa shape index (κ2) is 5.48. The van der Waals surface area contributed by atoms with Crippen molar-refractivity contribution in [3.8, 4) is 6.07 Å². The van der Waals surface area contributed by atoms with Crippen LogP contribution in [0.1, 0.15) is 37.3 Å². The van der Waals surface area contributed by atoms with E-state index >= 15 is 0 Å². The van der Waals surface area contributed by atoms with Crippen LogP contribution in [0.5, 0.6) is 0 Å². The predicted molar refractivity (Wildman–Crippen MR) is 65.2 cm³/mol. The summed E-state index contributed by atoms with van der Waals surface area (Å²) < 4.78 is 13.0. The summed E-state index contributed by atoms with van der Waals surface area (Å²) in [6.07, 6.45) is 4.63. The lowest BCUT2D eigenvalue weighted by Gasteiger charge is -2.17. The Morgan fingerprint density at radius 3 is 2.71 bits per heavy atom. The lowest BCUT2D eigenvalue weighted by molar-refractivity contribution is 0.492. The normalized spacial score (nSPS) is 17.9. The molecule has 2 rings (SSSR count). The number of nitrogens with one attached hydrogen (secondary N) is 1. The Morgan fingerprint density at radius 1 is 1.41 bits per heavy atom. The highest BCUT2D eigenvalue weighted by atomic mass is 35.5. The van der Waals surface area contributed by atoms with E-state index in [0.717, 1.165) is 18.4 Å². The van der Waals surface area contributed by atoms with Gasteiger partial charge in [0, 0.05) is 6.04 Å². The fraction of sp³-hybridized carbons (Fsp3) is 0.462. The summed E-state index contributed by atoms with van der Waals surface area (Å²) in [6, 6.07) is 6.62. The highest BCUT2D eigenvalue weighted by Gasteiger charge is 2.20. The topological polar surface area (TPSA) is 35.8 Å². The first kappa shape index (κ1) is 12.3. The Morgan fingerprint density at radius 2 is 2.12 bits per heavy atom. The van der Waals surface area contributed by atoms with Gasteiger partial charge in [0.2, 0.25) is 0 Å². The minimum absolute atomic E-state index is 0.0657. The van der Waals surface area contributed by atoms with E-state index in [1.165, 1.54) is 25.0 Å². The molecule has 1 aromatic carbocycles. The molecule has 0 aliphatic heterocycles. The van der Waals surface area contributed by atoms with Crippen LogP contribution in [-0.2, 0) is 0 Å². The van der Waals surface area contributed by atoms with E-state index in [0.29, 0.717) is 6.04 Å². The zero-order chi connectivity index (χ0) is 12.3. The Balaban J connectivity index is 2.11. The van der Waals surface area contributed by atoms with Gasteiger partial charge in [-0.15, -0.1) is 0 Å². The van der Waals surface area contributed by atoms with Crippen molar-refractivity contribution < 1.29 is 4.39 Å². The van der Waals surface area contributed by atoms with E-state index in [2.05, 4.69) is 11.4 Å². The van der Waals surface area contributed by atoms with Gasteiger partial charge in [0.15, 0.2) is 0 Å². The van der Waals surface area contributed by atoms with Crippen molar-refractivity contribution in [2.75, 3.05) is 0 Å². The smallest absolute Gasteiger partial charge is 0.141 e. The van der Waals surface area contributed by atoms with Gasteiger partial charge in [-0.1, -0.05) is 30.5 Å². The van der Waals surface area contributed by atoms with Crippen molar-refractivity contribution in [2.45, 2.75) is 37.8 Å². The first-order valence-corrected chi connectivity index (χ1v) is 6.19. The Labute approximate surface area is 105 Å². The maximum atomic E-state index is 13.0. The molecule has 4 heteroatoms. The molecule has 0 bridgehead atoms. The number of benzene rings is 1. The van der Waals surface area contributed by atoms with Gasteiger partial charge in [0.25, 0.3) is 0 Å². The SMILES string of the molecule is N#CC(NC1CCCC1)c1ccc(F)c(Cl)c1. The summed E-state index contributed by atoms with van der Waals surface area (Å²) in [6.45, 7) is 0. The Hall–Kier alpha value is -1.11. The monoisotopic (exact) mass is 252 g/mol. The van der Waals surface area contributed by atoms with Crippen LogP contribution >= 0.6 is 11.6 Å². The van der Waals surface area contributed by atoms with Gasteiger partial charge in [-0.05, 0) is 30.5 Å². The van der Waals surface area contributed by atoms with Crippen LogP contribution in [-0.4, -0.2) is 6.04 Å². The van der Waals surface area contributed by atoms with E-state index in [4.69, 9.17) is 16.9 Å². The molecule has 1 fully saturated rings. The molecule has 1 N–H and O–H groups in total. The maximum Gasteiger partial charge on any atom is 0.141 e. The number of rotatable bonds is 3. The summed E-state index contributed by atoms with van der Waals surface area (Å²) in [5.74, 6) is -0.451. The highest BCUT2D eigenvalue weighted by Crippen LogP contribution is 2.24. The van der Waals surface area contributed by atoms with Gasteiger partial charge < -0.3 is 0 Å². The maximum absolute atomic E-state index is 13.0. The highest BCUT2D eigenvalue weighted by molar-refractivity contribution is 6.30. The molecule has 1 aliphatic carbocycles. The van der Waals surface area contributed by atoms with E-state index in [9.17, 15) is 4.39 Å². The molecule has 0 amide bonds. The molecule has 1 aromatic rings. The first-order valence-electron chi connectivity index (χ1n) is 5.81. The molecule has 0 radical (unpaired) electrons. The molecular formula is C13H14ClFN2. The molecule has 90 valence electrons. The Kier molecular flexibility index (Phi) is 3.98. The number of halogens is 2. The molecular weight excluding hydrogens is 239 g/mol. The molecule has 1 unspecified atom stereocenters. The van der Waals surface area contributed by atoms with E-state index < -0.39 is 11.9 Å².